The Morgan fingerprint density at radius 1 is 1.38 bits per heavy atom. The molecule has 112 valence electrons. The Bertz CT molecular complexity index is 549. The molecule has 0 saturated heterocycles. The normalized spacial score (nSPS) is 12.0. The minimum atomic E-state index is -0.417. The highest BCUT2D eigenvalue weighted by atomic mass is 19.1. The van der Waals surface area contributed by atoms with Gasteiger partial charge in [-0.1, -0.05) is 17.7 Å². The molecule has 0 bridgehead atoms. The Balaban J connectivity index is 2.64. The molecule has 6 heteroatoms. The van der Waals surface area contributed by atoms with E-state index in [1.54, 1.807) is 12.1 Å². The molecule has 1 aromatic rings. The first-order valence-corrected chi connectivity index (χ1v) is 6.41. The Hall–Kier alpha value is -2.47. The van der Waals surface area contributed by atoms with Crippen LogP contribution in [0.3, 0.4) is 0 Å². The van der Waals surface area contributed by atoms with E-state index in [-0.39, 0.29) is 18.7 Å². The van der Waals surface area contributed by atoms with Crippen molar-refractivity contribution in [2.24, 2.45) is 5.73 Å². The number of anilines is 1. The molecule has 0 radical (unpaired) electrons. The van der Waals surface area contributed by atoms with Gasteiger partial charge in [0, 0.05) is 31.2 Å². The number of rotatable bonds is 7. The second-order valence-corrected chi connectivity index (χ2v) is 4.42. The average molecular weight is 290 g/mol. The van der Waals surface area contributed by atoms with Crippen LogP contribution >= 0.6 is 0 Å². The van der Waals surface area contributed by atoms with Crippen LogP contribution in [-0.2, 0) is 4.79 Å². The van der Waals surface area contributed by atoms with Gasteiger partial charge in [0.05, 0.1) is 11.9 Å². The van der Waals surface area contributed by atoms with E-state index in [1.165, 1.54) is 6.20 Å². The van der Waals surface area contributed by atoms with Gasteiger partial charge in [0.1, 0.15) is 0 Å². The quantitative estimate of drug-likeness (QED) is 0.456. The van der Waals surface area contributed by atoms with Crippen LogP contribution < -0.4 is 16.4 Å². The summed E-state index contributed by atoms with van der Waals surface area (Å²) in [6.07, 6.45) is 2.71. The second-order valence-electron chi connectivity index (χ2n) is 4.42. The summed E-state index contributed by atoms with van der Waals surface area (Å²) in [4.78, 5) is 12.0. The minimum absolute atomic E-state index is 0.0901. The van der Waals surface area contributed by atoms with Crippen molar-refractivity contribution in [1.82, 2.24) is 5.32 Å². The van der Waals surface area contributed by atoms with Crippen LogP contribution in [0.5, 0.6) is 0 Å². The highest BCUT2D eigenvalue weighted by Crippen LogP contribution is 2.09. The van der Waals surface area contributed by atoms with Crippen LogP contribution in [0.15, 0.2) is 47.9 Å². The Kier molecular flexibility index (Phi) is 6.83. The molecule has 0 aliphatic heterocycles. The zero-order valence-corrected chi connectivity index (χ0v) is 11.8. The van der Waals surface area contributed by atoms with Crippen molar-refractivity contribution in [3.8, 4) is 0 Å². The molecule has 0 aliphatic rings. The van der Waals surface area contributed by atoms with Gasteiger partial charge >= 0.3 is 0 Å². The predicted octanol–water partition coefficient (Wildman–Crippen LogP) is 1.87. The summed E-state index contributed by atoms with van der Waals surface area (Å²) in [5.41, 5.74) is 7.54. The van der Waals surface area contributed by atoms with Gasteiger partial charge in [-0.15, -0.1) is 0 Å². The summed E-state index contributed by atoms with van der Waals surface area (Å²) in [5, 5.41) is 12.7. The highest BCUT2D eigenvalue weighted by Gasteiger charge is 2.07. The largest absolute Gasteiger partial charge is 0.386 e. The van der Waals surface area contributed by atoms with Crippen LogP contribution in [0.1, 0.15) is 5.56 Å². The lowest BCUT2D eigenvalue weighted by atomic mass is 10.2. The van der Waals surface area contributed by atoms with Gasteiger partial charge in [-0.05, 0) is 24.6 Å². The molecule has 0 saturated carbocycles. The molecule has 0 spiro atoms. The SMILES string of the molecule is Cc1ccc(NC(=O)/C(C=N)=C/NC/C(=C/F)CN)cc1. The van der Waals surface area contributed by atoms with Crippen LogP contribution in [-0.4, -0.2) is 25.2 Å². The van der Waals surface area contributed by atoms with E-state index in [1.807, 2.05) is 19.1 Å². The van der Waals surface area contributed by atoms with Crippen molar-refractivity contribution in [1.29, 1.82) is 5.41 Å². The standard InChI is InChI=1S/C15H19FN4O/c1-11-2-4-14(5-3-11)20-15(21)13(8-18)10-19-9-12(6-16)7-17/h2-6,8,10,18-19H,7,9,17H2,1H3,(H,20,21)/b12-6+,13-10+,18-8?. The van der Waals surface area contributed by atoms with Crippen molar-refractivity contribution >= 4 is 17.8 Å². The lowest BCUT2D eigenvalue weighted by molar-refractivity contribution is -0.112. The van der Waals surface area contributed by atoms with Gasteiger partial charge in [0.2, 0.25) is 0 Å². The van der Waals surface area contributed by atoms with E-state index in [9.17, 15) is 9.18 Å². The number of hydrogen-bond acceptors (Lipinski definition) is 4. The first-order valence-electron chi connectivity index (χ1n) is 6.41. The molecular weight excluding hydrogens is 271 g/mol. The molecule has 0 aromatic heterocycles. The fraction of sp³-hybridized carbons (Fsp3) is 0.200. The first kappa shape index (κ1) is 16.6. The molecule has 0 aliphatic carbocycles. The molecule has 5 N–H and O–H groups in total. The molecule has 5 nitrogen and oxygen atoms in total. The van der Waals surface area contributed by atoms with E-state index in [0.29, 0.717) is 17.6 Å². The fourth-order valence-electron chi connectivity index (χ4n) is 1.46. The molecule has 21 heavy (non-hydrogen) atoms. The third-order valence-electron chi connectivity index (χ3n) is 2.73. The monoisotopic (exact) mass is 290 g/mol. The van der Waals surface area contributed by atoms with E-state index in [0.717, 1.165) is 11.8 Å². The van der Waals surface area contributed by atoms with E-state index in [2.05, 4.69) is 10.6 Å². The molecule has 1 amide bonds. The molecule has 0 atom stereocenters. The summed E-state index contributed by atoms with van der Waals surface area (Å²) in [6, 6.07) is 7.31. The first-order chi connectivity index (χ1) is 10.1. The third kappa shape index (κ3) is 5.58. The van der Waals surface area contributed by atoms with Gasteiger partial charge in [-0.25, -0.2) is 4.39 Å². The van der Waals surface area contributed by atoms with E-state index < -0.39 is 5.91 Å². The van der Waals surface area contributed by atoms with Gasteiger partial charge in [0.25, 0.3) is 5.91 Å². The van der Waals surface area contributed by atoms with Crippen molar-refractivity contribution in [2.75, 3.05) is 18.4 Å². The summed E-state index contributed by atoms with van der Waals surface area (Å²) in [5.74, 6) is -0.417. The van der Waals surface area contributed by atoms with Gasteiger partial charge < -0.3 is 21.8 Å². The summed E-state index contributed by atoms with van der Waals surface area (Å²) >= 11 is 0. The number of amides is 1. The smallest absolute Gasteiger partial charge is 0.258 e. The maximum atomic E-state index is 12.3. The average Bonchev–Trinajstić information content (AvgIpc) is 2.50. The number of nitrogens with two attached hydrogens (primary N) is 1. The van der Waals surface area contributed by atoms with Crippen molar-refractivity contribution in [2.45, 2.75) is 6.92 Å². The van der Waals surface area contributed by atoms with Crippen LogP contribution in [0.4, 0.5) is 10.1 Å². The molecule has 0 heterocycles. The topological polar surface area (TPSA) is 91.0 Å². The molecule has 1 rings (SSSR count). The van der Waals surface area contributed by atoms with E-state index in [4.69, 9.17) is 11.1 Å². The number of carbonyl (C=O) groups is 1. The number of carbonyl (C=O) groups excluding carboxylic acids is 1. The molecule has 0 unspecified atom stereocenters. The van der Waals surface area contributed by atoms with Crippen LogP contribution in [0, 0.1) is 12.3 Å². The highest BCUT2D eigenvalue weighted by molar-refractivity contribution is 6.17. The zero-order chi connectivity index (χ0) is 15.7. The number of aryl methyl sites for hydroxylation is 1. The van der Waals surface area contributed by atoms with Crippen molar-refractivity contribution < 1.29 is 9.18 Å². The van der Waals surface area contributed by atoms with E-state index >= 15 is 0 Å². The fourth-order valence-corrected chi connectivity index (χ4v) is 1.46. The number of benzene rings is 1. The molecular formula is C15H19FN4O. The Labute approximate surface area is 123 Å². The molecule has 0 fully saturated rings. The van der Waals surface area contributed by atoms with Gasteiger partial charge in [0.15, 0.2) is 0 Å². The van der Waals surface area contributed by atoms with Gasteiger partial charge in [-0.3, -0.25) is 4.79 Å². The lowest BCUT2D eigenvalue weighted by Gasteiger charge is -2.07. The lowest BCUT2D eigenvalue weighted by Crippen LogP contribution is -2.20. The molecule has 1 aromatic carbocycles. The summed E-state index contributed by atoms with van der Waals surface area (Å²) < 4.78 is 12.3. The van der Waals surface area contributed by atoms with Crippen LogP contribution in [0.2, 0.25) is 0 Å². The minimum Gasteiger partial charge on any atom is -0.386 e. The second kappa shape index (κ2) is 8.65. The van der Waals surface area contributed by atoms with Gasteiger partial charge in [-0.2, -0.15) is 0 Å². The third-order valence-corrected chi connectivity index (χ3v) is 2.73. The number of halogens is 1. The zero-order valence-electron chi connectivity index (χ0n) is 11.8. The number of hydrogen-bond donors (Lipinski definition) is 4. The maximum Gasteiger partial charge on any atom is 0.258 e. The Morgan fingerprint density at radius 2 is 2.05 bits per heavy atom. The van der Waals surface area contributed by atoms with Crippen LogP contribution in [0.25, 0.3) is 0 Å². The summed E-state index contributed by atoms with van der Waals surface area (Å²) in [7, 11) is 0. The van der Waals surface area contributed by atoms with Crippen molar-refractivity contribution in [3.05, 3.63) is 53.5 Å². The maximum absolute atomic E-state index is 12.3. The van der Waals surface area contributed by atoms with Crippen molar-refractivity contribution in [3.63, 3.8) is 0 Å². The number of nitrogens with one attached hydrogen (secondary N) is 3. The summed E-state index contributed by atoms with van der Waals surface area (Å²) in [6.45, 7) is 2.22. The predicted molar refractivity (Wildman–Crippen MR) is 82.9 cm³/mol. The Morgan fingerprint density at radius 3 is 2.57 bits per heavy atom.